The van der Waals surface area contributed by atoms with Crippen LogP contribution >= 0.6 is 0 Å². The van der Waals surface area contributed by atoms with Gasteiger partial charge in [0.2, 0.25) is 0 Å². The Balaban J connectivity index is 1.72. The zero-order valence-electron chi connectivity index (χ0n) is 15.8. The highest BCUT2D eigenvalue weighted by molar-refractivity contribution is 5.84. The zero-order valence-corrected chi connectivity index (χ0v) is 15.8. The number of anilines is 1. The van der Waals surface area contributed by atoms with Crippen molar-refractivity contribution in [3.8, 4) is 0 Å². The fraction of sp³-hybridized carbons (Fsp3) is 0.350. The number of nitrogens with one attached hydrogen (secondary N) is 1. The molecule has 1 aliphatic rings. The maximum Gasteiger partial charge on any atom is 0.508 e. The highest BCUT2D eigenvalue weighted by Gasteiger charge is 2.39. The van der Waals surface area contributed by atoms with Gasteiger partial charge in [0.1, 0.15) is 6.10 Å². The largest absolute Gasteiger partial charge is 0.508 e. The molecule has 0 bridgehead atoms. The molecule has 3 heterocycles. The van der Waals surface area contributed by atoms with Crippen LogP contribution in [0.5, 0.6) is 0 Å². The number of ether oxygens (including phenoxy) is 2. The molecule has 0 amide bonds. The monoisotopic (exact) mass is 382 g/mol. The Morgan fingerprint density at radius 3 is 2.93 bits per heavy atom. The minimum Gasteiger partial charge on any atom is -0.438 e. The first-order valence-corrected chi connectivity index (χ1v) is 9.23. The average Bonchev–Trinajstić information content (AvgIpc) is 3.32. The molecule has 146 valence electrons. The number of para-hydroxylation sites is 1. The summed E-state index contributed by atoms with van der Waals surface area (Å²) >= 11 is 0. The summed E-state index contributed by atoms with van der Waals surface area (Å²) in [5.41, 5.74) is 1.90. The molecule has 8 nitrogen and oxygen atoms in total. The Hall–Kier alpha value is -3.29. The number of methoxy groups -OCH3 is 1. The number of hydrogen-bond acceptors (Lipinski definition) is 6. The summed E-state index contributed by atoms with van der Waals surface area (Å²) in [5, 5.41) is 1.07. The predicted octanol–water partition coefficient (Wildman–Crippen LogP) is 2.50. The van der Waals surface area contributed by atoms with Crippen LogP contribution in [-0.4, -0.2) is 47.0 Å². The molecule has 4 rings (SSSR count). The first kappa shape index (κ1) is 18.1. The van der Waals surface area contributed by atoms with E-state index in [1.807, 2.05) is 42.3 Å². The SMILES string of the molecule is CCn1ccnc(N2C[C@@H](OC(=O)OC)[C@H](c3c[nH]c4ccccc34)C2)c1=O. The smallest absolute Gasteiger partial charge is 0.438 e. The first-order valence-electron chi connectivity index (χ1n) is 9.23. The van der Waals surface area contributed by atoms with Gasteiger partial charge < -0.3 is 23.9 Å². The molecule has 1 aliphatic heterocycles. The lowest BCUT2D eigenvalue weighted by molar-refractivity contribution is 0.0389. The summed E-state index contributed by atoms with van der Waals surface area (Å²) in [5.74, 6) is 0.247. The molecule has 0 spiro atoms. The summed E-state index contributed by atoms with van der Waals surface area (Å²) in [4.78, 5) is 33.9. The molecule has 2 atom stereocenters. The van der Waals surface area contributed by atoms with Crippen molar-refractivity contribution in [3.05, 3.63) is 58.8 Å². The fourth-order valence-electron chi connectivity index (χ4n) is 3.84. The zero-order chi connectivity index (χ0) is 19.7. The van der Waals surface area contributed by atoms with Gasteiger partial charge in [-0.3, -0.25) is 4.79 Å². The molecule has 1 fully saturated rings. The Morgan fingerprint density at radius 2 is 2.14 bits per heavy atom. The lowest BCUT2D eigenvalue weighted by Gasteiger charge is -2.17. The summed E-state index contributed by atoms with van der Waals surface area (Å²) in [7, 11) is 1.29. The van der Waals surface area contributed by atoms with E-state index >= 15 is 0 Å². The van der Waals surface area contributed by atoms with Gasteiger partial charge in [-0.1, -0.05) is 18.2 Å². The third-order valence-corrected chi connectivity index (χ3v) is 5.24. The predicted molar refractivity (Wildman–Crippen MR) is 105 cm³/mol. The number of H-pyrrole nitrogens is 1. The van der Waals surface area contributed by atoms with Crippen molar-refractivity contribution in [1.82, 2.24) is 14.5 Å². The number of fused-ring (bicyclic) bond motifs is 1. The molecule has 3 aromatic rings. The number of nitrogens with zero attached hydrogens (tertiary/aromatic N) is 3. The third kappa shape index (κ3) is 3.11. The van der Waals surface area contributed by atoms with Crippen molar-refractivity contribution >= 4 is 22.9 Å². The second-order valence-corrected chi connectivity index (χ2v) is 6.75. The Kier molecular flexibility index (Phi) is 4.77. The molecule has 0 aliphatic carbocycles. The highest BCUT2D eigenvalue weighted by Crippen LogP contribution is 2.35. The molecule has 1 aromatic carbocycles. The summed E-state index contributed by atoms with van der Waals surface area (Å²) in [6, 6.07) is 7.97. The van der Waals surface area contributed by atoms with E-state index in [0.717, 1.165) is 16.5 Å². The minimum atomic E-state index is -0.733. The lowest BCUT2D eigenvalue weighted by atomic mass is 9.95. The van der Waals surface area contributed by atoms with E-state index in [1.165, 1.54) is 7.11 Å². The first-order chi connectivity index (χ1) is 13.6. The molecule has 1 saturated heterocycles. The van der Waals surface area contributed by atoms with Crippen LogP contribution in [0.25, 0.3) is 10.9 Å². The Labute approximate surface area is 161 Å². The van der Waals surface area contributed by atoms with Gasteiger partial charge in [-0.2, -0.15) is 0 Å². The molecule has 2 aromatic heterocycles. The van der Waals surface area contributed by atoms with Gasteiger partial charge >= 0.3 is 6.16 Å². The van der Waals surface area contributed by atoms with Gasteiger partial charge in [0.05, 0.1) is 13.7 Å². The van der Waals surface area contributed by atoms with E-state index in [-0.39, 0.29) is 11.5 Å². The molecule has 0 unspecified atom stereocenters. The second kappa shape index (κ2) is 7.38. The summed E-state index contributed by atoms with van der Waals surface area (Å²) < 4.78 is 11.8. The Bertz CT molecular complexity index is 1060. The van der Waals surface area contributed by atoms with Gasteiger partial charge in [-0.25, -0.2) is 9.78 Å². The maximum atomic E-state index is 12.7. The van der Waals surface area contributed by atoms with Gasteiger partial charge in [0.25, 0.3) is 5.56 Å². The number of hydrogen-bond donors (Lipinski definition) is 1. The third-order valence-electron chi connectivity index (χ3n) is 5.24. The van der Waals surface area contributed by atoms with Gasteiger partial charge in [-0.05, 0) is 18.6 Å². The van der Waals surface area contributed by atoms with E-state index in [1.54, 1.807) is 17.0 Å². The van der Waals surface area contributed by atoms with E-state index in [2.05, 4.69) is 9.97 Å². The van der Waals surface area contributed by atoms with Crippen molar-refractivity contribution < 1.29 is 14.3 Å². The molecule has 0 radical (unpaired) electrons. The average molecular weight is 382 g/mol. The van der Waals surface area contributed by atoms with Gasteiger partial charge in [0.15, 0.2) is 5.82 Å². The number of rotatable bonds is 4. The molecule has 8 heteroatoms. The van der Waals surface area contributed by atoms with Crippen molar-refractivity contribution in [2.75, 3.05) is 25.1 Å². The van der Waals surface area contributed by atoms with E-state index in [4.69, 9.17) is 9.47 Å². The molecule has 1 N–H and O–H groups in total. The quantitative estimate of drug-likeness (QED) is 0.698. The van der Waals surface area contributed by atoms with Crippen molar-refractivity contribution in [2.45, 2.75) is 25.5 Å². The highest BCUT2D eigenvalue weighted by atomic mass is 16.7. The normalized spacial score (nSPS) is 19.1. The van der Waals surface area contributed by atoms with Crippen molar-refractivity contribution in [3.63, 3.8) is 0 Å². The Morgan fingerprint density at radius 1 is 1.32 bits per heavy atom. The minimum absolute atomic E-state index is 0.119. The summed E-state index contributed by atoms with van der Waals surface area (Å²) in [6.07, 6.45) is 4.04. The van der Waals surface area contributed by atoms with Crippen molar-refractivity contribution in [1.29, 1.82) is 0 Å². The van der Waals surface area contributed by atoms with Crippen LogP contribution in [0.2, 0.25) is 0 Å². The number of carbonyl (C=O) groups excluding carboxylic acids is 1. The van der Waals surface area contributed by atoms with Crippen LogP contribution in [0, 0.1) is 0 Å². The number of aryl methyl sites for hydroxylation is 1. The fourth-order valence-corrected chi connectivity index (χ4v) is 3.84. The topological polar surface area (TPSA) is 89.4 Å². The van der Waals surface area contributed by atoms with E-state index in [0.29, 0.717) is 25.5 Å². The number of aromatic nitrogens is 3. The molecule has 28 heavy (non-hydrogen) atoms. The van der Waals surface area contributed by atoms with Crippen molar-refractivity contribution in [2.24, 2.45) is 0 Å². The molecule has 0 saturated carbocycles. The lowest BCUT2D eigenvalue weighted by Crippen LogP contribution is -2.32. The second-order valence-electron chi connectivity index (χ2n) is 6.75. The molecular weight excluding hydrogens is 360 g/mol. The van der Waals surface area contributed by atoms with Crippen LogP contribution in [0.3, 0.4) is 0 Å². The van der Waals surface area contributed by atoms with E-state index < -0.39 is 12.3 Å². The van der Waals surface area contributed by atoms with Gasteiger partial charge in [0, 0.05) is 48.5 Å². The maximum absolute atomic E-state index is 12.7. The number of carbonyl (C=O) groups is 1. The van der Waals surface area contributed by atoms with Gasteiger partial charge in [-0.15, -0.1) is 0 Å². The van der Waals surface area contributed by atoms with Crippen LogP contribution < -0.4 is 10.5 Å². The standard InChI is InChI=1S/C20H22N4O4/c1-3-23-9-8-21-18(19(23)25)24-11-15(17(12-24)28-20(26)27-2)14-10-22-16-7-5-4-6-13(14)16/h4-10,15,17,22H,3,11-12H2,1-2H3/t15-,17+/m0/s1. The number of aromatic amines is 1. The molecular formula is C20H22N4O4. The summed E-state index contributed by atoms with van der Waals surface area (Å²) in [6.45, 7) is 3.36. The van der Waals surface area contributed by atoms with Crippen LogP contribution in [0.15, 0.2) is 47.7 Å². The van der Waals surface area contributed by atoms with E-state index in [9.17, 15) is 9.59 Å². The van der Waals surface area contributed by atoms with Crippen LogP contribution in [0.4, 0.5) is 10.6 Å². The van der Waals surface area contributed by atoms with Crippen LogP contribution in [-0.2, 0) is 16.0 Å². The number of benzene rings is 1. The van der Waals surface area contributed by atoms with Crippen LogP contribution in [0.1, 0.15) is 18.4 Å².